The highest BCUT2D eigenvalue weighted by molar-refractivity contribution is 7.95. The number of halogens is 3. The predicted octanol–water partition coefficient (Wildman–Crippen LogP) is 3.33. The van der Waals surface area contributed by atoms with Crippen molar-refractivity contribution in [2.45, 2.75) is 16.2 Å². The van der Waals surface area contributed by atoms with Gasteiger partial charge in [0, 0.05) is 6.26 Å². The van der Waals surface area contributed by atoms with Crippen LogP contribution in [0.3, 0.4) is 0 Å². The third-order valence-electron chi connectivity index (χ3n) is 3.37. The molecule has 0 spiro atoms. The number of rotatable bonds is 5. The summed E-state index contributed by atoms with van der Waals surface area (Å²) < 4.78 is 88.1. The minimum absolute atomic E-state index is 0.0197. The summed E-state index contributed by atoms with van der Waals surface area (Å²) in [6, 6.07) is 10.1. The van der Waals surface area contributed by atoms with Gasteiger partial charge in [0.05, 0.1) is 9.79 Å². The van der Waals surface area contributed by atoms with E-state index in [1.54, 1.807) is 0 Å². The Bertz CT molecular complexity index is 1140. The van der Waals surface area contributed by atoms with Crippen LogP contribution in [0.1, 0.15) is 5.56 Å². The van der Waals surface area contributed by atoms with Crippen molar-refractivity contribution in [3.63, 3.8) is 0 Å². The topological polar surface area (TPSA) is 101 Å². The van der Waals surface area contributed by atoms with Crippen LogP contribution in [0.15, 0.2) is 63.2 Å². The third-order valence-corrected chi connectivity index (χ3v) is 6.18. The van der Waals surface area contributed by atoms with E-state index in [0.29, 0.717) is 0 Å². The predicted molar refractivity (Wildman–Crippen MR) is 93.5 cm³/mol. The molecule has 0 saturated carbocycles. The van der Waals surface area contributed by atoms with Crippen LogP contribution in [-0.2, 0) is 19.7 Å². The summed E-state index contributed by atoms with van der Waals surface area (Å²) >= 11 is 0. The van der Waals surface area contributed by atoms with Crippen molar-refractivity contribution in [2.24, 2.45) is 0 Å². The number of hydrogen-bond acceptors (Lipinski definition) is 6. The van der Waals surface area contributed by atoms with Gasteiger partial charge >= 0.3 is 6.36 Å². The minimum atomic E-state index is -4.92. The van der Waals surface area contributed by atoms with Crippen molar-refractivity contribution < 1.29 is 34.7 Å². The Morgan fingerprint density at radius 1 is 0.964 bits per heavy atom. The maximum Gasteiger partial charge on any atom is 0.573 e. The zero-order valence-electron chi connectivity index (χ0n) is 14.1. The average Bonchev–Trinajstić information content (AvgIpc) is 2.58. The summed E-state index contributed by atoms with van der Waals surface area (Å²) in [4.78, 5) is -1.04. The minimum Gasteiger partial charge on any atom is -0.406 e. The van der Waals surface area contributed by atoms with E-state index in [9.17, 15) is 35.3 Å². The largest absolute Gasteiger partial charge is 0.573 e. The summed E-state index contributed by atoms with van der Waals surface area (Å²) in [5.74, 6) is -0.606. The lowest BCUT2D eigenvalue weighted by molar-refractivity contribution is -0.274. The SMILES string of the molecule is CS(=O)(=O)c1ccc(/C=C(\C#N)S(=O)(=O)c2ccc(OC(F)(F)F)cc2)cc1. The van der Waals surface area contributed by atoms with Crippen LogP contribution in [0, 0.1) is 11.3 Å². The highest BCUT2D eigenvalue weighted by atomic mass is 32.2. The molecule has 0 heterocycles. The van der Waals surface area contributed by atoms with E-state index in [1.807, 2.05) is 0 Å². The van der Waals surface area contributed by atoms with Gasteiger partial charge in [-0.25, -0.2) is 16.8 Å². The van der Waals surface area contributed by atoms with Crippen LogP contribution in [0.2, 0.25) is 0 Å². The molecule has 2 aromatic carbocycles. The van der Waals surface area contributed by atoms with Gasteiger partial charge in [-0.15, -0.1) is 13.2 Å². The number of hydrogen-bond donors (Lipinski definition) is 0. The lowest BCUT2D eigenvalue weighted by Crippen LogP contribution is -2.17. The van der Waals surface area contributed by atoms with Gasteiger partial charge in [0.25, 0.3) is 0 Å². The van der Waals surface area contributed by atoms with Gasteiger partial charge in [-0.2, -0.15) is 5.26 Å². The first-order valence-electron chi connectivity index (χ1n) is 7.36. The average molecular weight is 431 g/mol. The zero-order chi connectivity index (χ0) is 21.2. The lowest BCUT2D eigenvalue weighted by Gasteiger charge is -2.09. The Morgan fingerprint density at radius 2 is 1.46 bits per heavy atom. The van der Waals surface area contributed by atoms with Crippen molar-refractivity contribution in [3.05, 3.63) is 59.0 Å². The fraction of sp³-hybridized carbons (Fsp3) is 0.118. The third kappa shape index (κ3) is 5.34. The number of nitrogens with zero attached hydrogens (tertiary/aromatic N) is 1. The molecule has 0 fully saturated rings. The van der Waals surface area contributed by atoms with E-state index >= 15 is 0 Å². The van der Waals surface area contributed by atoms with Crippen LogP contribution in [-0.4, -0.2) is 29.5 Å². The Balaban J connectivity index is 2.37. The van der Waals surface area contributed by atoms with E-state index in [4.69, 9.17) is 0 Å². The molecule has 0 aliphatic heterocycles. The van der Waals surface area contributed by atoms with Crippen molar-refractivity contribution in [3.8, 4) is 11.8 Å². The van der Waals surface area contributed by atoms with Crippen LogP contribution in [0.4, 0.5) is 13.2 Å². The molecule has 2 aromatic rings. The number of sulfone groups is 2. The Labute approximate surface area is 159 Å². The Morgan fingerprint density at radius 3 is 1.89 bits per heavy atom. The first-order valence-corrected chi connectivity index (χ1v) is 10.7. The molecule has 0 unspecified atom stereocenters. The molecule has 0 N–H and O–H groups in total. The Hall–Kier alpha value is -2.84. The van der Waals surface area contributed by atoms with Crippen LogP contribution in [0.25, 0.3) is 6.08 Å². The lowest BCUT2D eigenvalue weighted by atomic mass is 10.2. The van der Waals surface area contributed by atoms with Gasteiger partial charge in [0.2, 0.25) is 9.84 Å². The van der Waals surface area contributed by atoms with E-state index in [1.165, 1.54) is 30.3 Å². The second-order valence-corrected chi connectivity index (χ2v) is 9.42. The van der Waals surface area contributed by atoms with Gasteiger partial charge in [-0.1, -0.05) is 12.1 Å². The molecule has 0 aliphatic carbocycles. The quantitative estimate of drug-likeness (QED) is 0.673. The van der Waals surface area contributed by atoms with Crippen LogP contribution in [0.5, 0.6) is 5.75 Å². The molecule has 148 valence electrons. The molecule has 0 amide bonds. The monoisotopic (exact) mass is 431 g/mol. The summed E-state index contributed by atoms with van der Waals surface area (Å²) in [7, 11) is -7.74. The van der Waals surface area contributed by atoms with Gasteiger partial charge in [-0.3, -0.25) is 0 Å². The molecular weight excluding hydrogens is 419 g/mol. The maximum atomic E-state index is 12.5. The molecule has 0 saturated heterocycles. The van der Waals surface area contributed by atoms with Crippen molar-refractivity contribution >= 4 is 25.8 Å². The van der Waals surface area contributed by atoms with Crippen LogP contribution < -0.4 is 4.74 Å². The molecule has 0 bridgehead atoms. The second-order valence-electron chi connectivity index (χ2n) is 5.48. The highest BCUT2D eigenvalue weighted by Gasteiger charge is 2.31. The van der Waals surface area contributed by atoms with Crippen LogP contribution >= 0.6 is 0 Å². The molecule has 28 heavy (non-hydrogen) atoms. The van der Waals surface area contributed by atoms with Crippen molar-refractivity contribution in [1.29, 1.82) is 5.26 Å². The second kappa shape index (κ2) is 7.65. The smallest absolute Gasteiger partial charge is 0.406 e. The van der Waals surface area contributed by atoms with Gasteiger partial charge in [0.15, 0.2) is 9.84 Å². The van der Waals surface area contributed by atoms with E-state index in [2.05, 4.69) is 4.74 Å². The van der Waals surface area contributed by atoms with E-state index in [-0.39, 0.29) is 10.5 Å². The maximum absolute atomic E-state index is 12.5. The van der Waals surface area contributed by atoms with Crippen molar-refractivity contribution in [1.82, 2.24) is 0 Å². The number of benzene rings is 2. The zero-order valence-corrected chi connectivity index (χ0v) is 15.8. The molecule has 0 aliphatic rings. The van der Waals surface area contributed by atoms with E-state index < -0.39 is 41.6 Å². The molecule has 0 atom stereocenters. The summed E-state index contributed by atoms with van der Waals surface area (Å²) in [6.07, 6.45) is -2.88. The van der Waals surface area contributed by atoms with Gasteiger partial charge in [0.1, 0.15) is 16.7 Å². The summed E-state index contributed by atoms with van der Waals surface area (Å²) in [6.45, 7) is 0. The summed E-state index contributed by atoms with van der Waals surface area (Å²) in [5.41, 5.74) is 0.254. The Kier molecular flexibility index (Phi) is 5.86. The number of nitriles is 1. The number of alkyl halides is 3. The standard InChI is InChI=1S/C17H12F3NO5S2/c1-27(22,23)14-6-2-12(3-7-14)10-16(11-21)28(24,25)15-8-4-13(5-9-15)26-17(18,19)20/h2-10H,1H3/b16-10+. The first kappa shape index (κ1) is 21.5. The molecule has 2 rings (SSSR count). The highest BCUT2D eigenvalue weighted by Crippen LogP contribution is 2.27. The number of ether oxygens (including phenoxy) is 1. The van der Waals surface area contributed by atoms with Gasteiger partial charge in [-0.05, 0) is 48.0 Å². The van der Waals surface area contributed by atoms with E-state index in [0.717, 1.165) is 36.6 Å². The molecule has 0 radical (unpaired) electrons. The fourth-order valence-electron chi connectivity index (χ4n) is 2.08. The summed E-state index contributed by atoms with van der Waals surface area (Å²) in [5, 5.41) is 9.21. The van der Waals surface area contributed by atoms with Gasteiger partial charge < -0.3 is 4.74 Å². The van der Waals surface area contributed by atoms with Crippen molar-refractivity contribution in [2.75, 3.05) is 6.26 Å². The molecular formula is C17H12F3NO5S2. The molecule has 6 nitrogen and oxygen atoms in total. The molecule has 11 heteroatoms. The molecule has 0 aromatic heterocycles. The number of allylic oxidation sites excluding steroid dienone is 1. The normalized spacial score (nSPS) is 13.0. The fourth-order valence-corrected chi connectivity index (χ4v) is 3.87. The first-order chi connectivity index (χ1) is 12.8.